The number of amides is 2. The Morgan fingerprint density at radius 1 is 1.24 bits per heavy atom. The highest BCUT2D eigenvalue weighted by molar-refractivity contribution is 6.30. The quantitative estimate of drug-likeness (QED) is 0.833. The number of hydrogen-bond acceptors (Lipinski definition) is 4. The smallest absolute Gasteiger partial charge is 0.281 e. The van der Waals surface area contributed by atoms with Gasteiger partial charge >= 0.3 is 0 Å². The van der Waals surface area contributed by atoms with Gasteiger partial charge in [0.25, 0.3) is 11.8 Å². The molecule has 5 heteroatoms. The van der Waals surface area contributed by atoms with Gasteiger partial charge in [-0.25, -0.2) is 4.90 Å². The molecule has 3 rings (SSSR count). The fourth-order valence-electron chi connectivity index (χ4n) is 2.71. The van der Waals surface area contributed by atoms with Crippen LogP contribution in [0.1, 0.15) is 12.8 Å². The van der Waals surface area contributed by atoms with Crippen LogP contribution in [0.15, 0.2) is 42.1 Å². The molecule has 1 aliphatic heterocycles. The second kappa shape index (κ2) is 5.69. The van der Waals surface area contributed by atoms with Crippen molar-refractivity contribution in [2.75, 3.05) is 18.6 Å². The maximum absolute atomic E-state index is 12.3. The second-order valence-electron chi connectivity index (χ2n) is 5.45. The molecule has 1 aliphatic carbocycles. The molecule has 2 aliphatic rings. The molecule has 0 atom stereocenters. The van der Waals surface area contributed by atoms with Crippen LogP contribution in [0, 0.1) is 5.92 Å². The number of para-hydroxylation sites is 1. The van der Waals surface area contributed by atoms with Crippen molar-refractivity contribution in [3.05, 3.63) is 42.1 Å². The number of rotatable bonds is 5. The van der Waals surface area contributed by atoms with Crippen molar-refractivity contribution in [1.29, 1.82) is 0 Å². The van der Waals surface area contributed by atoms with Crippen molar-refractivity contribution in [2.45, 2.75) is 18.9 Å². The van der Waals surface area contributed by atoms with E-state index in [2.05, 4.69) is 5.32 Å². The lowest BCUT2D eigenvalue weighted by Gasteiger charge is -2.34. The number of carbonyl (C=O) groups is 2. The third kappa shape index (κ3) is 2.69. The third-order valence-electron chi connectivity index (χ3n) is 4.04. The standard InChI is InChI=1S/C16H18N2O3/c1-21-13-7-11(8-13)10-17-14-9-15(19)18(16(14)20)12-5-3-2-4-6-12/h2-6,9,11,13,17H,7-8,10H2,1H3. The van der Waals surface area contributed by atoms with Crippen molar-refractivity contribution >= 4 is 17.5 Å². The highest BCUT2D eigenvalue weighted by Gasteiger charge is 2.34. The van der Waals surface area contributed by atoms with Gasteiger partial charge in [0.2, 0.25) is 0 Å². The fraction of sp³-hybridized carbons (Fsp3) is 0.375. The Hall–Kier alpha value is -2.14. The number of ether oxygens (including phenoxy) is 1. The molecule has 1 aromatic carbocycles. The maximum Gasteiger partial charge on any atom is 0.281 e. The van der Waals surface area contributed by atoms with Crippen molar-refractivity contribution in [3.63, 3.8) is 0 Å². The number of nitrogens with one attached hydrogen (secondary N) is 1. The number of nitrogens with zero attached hydrogens (tertiary/aromatic N) is 1. The van der Waals surface area contributed by atoms with Crippen molar-refractivity contribution in [2.24, 2.45) is 5.92 Å². The molecule has 5 nitrogen and oxygen atoms in total. The van der Waals surface area contributed by atoms with Gasteiger partial charge in [-0.3, -0.25) is 9.59 Å². The minimum atomic E-state index is -0.294. The normalized spacial score (nSPS) is 24.8. The van der Waals surface area contributed by atoms with Crippen LogP contribution >= 0.6 is 0 Å². The second-order valence-corrected chi connectivity index (χ2v) is 5.45. The van der Waals surface area contributed by atoms with Gasteiger partial charge in [0.1, 0.15) is 5.70 Å². The zero-order valence-corrected chi connectivity index (χ0v) is 11.9. The number of carbonyl (C=O) groups excluding carboxylic acids is 2. The van der Waals surface area contributed by atoms with Crippen LogP contribution in [0.3, 0.4) is 0 Å². The predicted molar refractivity (Wildman–Crippen MR) is 78.5 cm³/mol. The van der Waals surface area contributed by atoms with Crippen LogP contribution in [0.25, 0.3) is 0 Å². The summed E-state index contributed by atoms with van der Waals surface area (Å²) >= 11 is 0. The maximum atomic E-state index is 12.3. The Kier molecular flexibility index (Phi) is 3.75. The van der Waals surface area contributed by atoms with E-state index in [1.54, 1.807) is 31.4 Å². The van der Waals surface area contributed by atoms with Crippen molar-refractivity contribution in [3.8, 4) is 0 Å². The summed E-state index contributed by atoms with van der Waals surface area (Å²) in [5.74, 6) is -0.0737. The molecule has 110 valence electrons. The van der Waals surface area contributed by atoms with E-state index < -0.39 is 0 Å². The zero-order chi connectivity index (χ0) is 14.8. The molecular weight excluding hydrogens is 268 g/mol. The Balaban J connectivity index is 1.60. The number of hydrogen-bond donors (Lipinski definition) is 1. The number of imide groups is 1. The van der Waals surface area contributed by atoms with Gasteiger partial charge in [-0.1, -0.05) is 18.2 Å². The molecular formula is C16H18N2O3. The molecule has 0 aromatic heterocycles. The molecule has 1 N–H and O–H groups in total. The first kappa shape index (κ1) is 13.8. The summed E-state index contributed by atoms with van der Waals surface area (Å²) in [6.07, 6.45) is 3.72. The lowest BCUT2D eigenvalue weighted by molar-refractivity contribution is -0.120. The van der Waals surface area contributed by atoms with Crippen LogP contribution in [-0.4, -0.2) is 31.6 Å². The van der Waals surface area contributed by atoms with E-state index >= 15 is 0 Å². The van der Waals surface area contributed by atoms with Crippen LogP contribution in [0.4, 0.5) is 5.69 Å². The predicted octanol–water partition coefficient (Wildman–Crippen LogP) is 1.46. The number of benzene rings is 1. The Labute approximate surface area is 123 Å². The van der Waals surface area contributed by atoms with Crippen molar-refractivity contribution < 1.29 is 14.3 Å². The van der Waals surface area contributed by atoms with Crippen LogP contribution < -0.4 is 10.2 Å². The molecule has 0 saturated heterocycles. The topological polar surface area (TPSA) is 58.6 Å². The van der Waals surface area contributed by atoms with E-state index in [1.165, 1.54) is 11.0 Å². The summed E-state index contributed by atoms with van der Waals surface area (Å²) in [5.41, 5.74) is 0.980. The highest BCUT2D eigenvalue weighted by atomic mass is 16.5. The molecule has 21 heavy (non-hydrogen) atoms. The monoisotopic (exact) mass is 286 g/mol. The van der Waals surface area contributed by atoms with Gasteiger partial charge < -0.3 is 10.1 Å². The van der Waals surface area contributed by atoms with Crippen LogP contribution in [-0.2, 0) is 14.3 Å². The van der Waals surface area contributed by atoms with E-state index in [9.17, 15) is 9.59 Å². The Bertz CT molecular complexity index is 576. The summed E-state index contributed by atoms with van der Waals surface area (Å²) < 4.78 is 5.23. The van der Waals surface area contributed by atoms with Gasteiger partial charge in [0.15, 0.2) is 0 Å². The van der Waals surface area contributed by atoms with Gasteiger partial charge in [-0.05, 0) is 30.9 Å². The molecule has 1 saturated carbocycles. The summed E-state index contributed by atoms with van der Waals surface area (Å²) in [7, 11) is 1.72. The van der Waals surface area contributed by atoms with Gasteiger partial charge in [-0.2, -0.15) is 0 Å². The largest absolute Gasteiger partial charge is 0.381 e. The van der Waals surface area contributed by atoms with E-state index in [-0.39, 0.29) is 11.8 Å². The molecule has 1 aromatic rings. The van der Waals surface area contributed by atoms with E-state index in [4.69, 9.17) is 4.74 Å². The molecule has 1 heterocycles. The first-order chi connectivity index (χ1) is 10.2. The van der Waals surface area contributed by atoms with E-state index in [0.29, 0.717) is 30.0 Å². The lowest BCUT2D eigenvalue weighted by atomic mass is 9.82. The van der Waals surface area contributed by atoms with E-state index in [1.807, 2.05) is 6.07 Å². The first-order valence-corrected chi connectivity index (χ1v) is 7.11. The summed E-state index contributed by atoms with van der Waals surface area (Å²) in [4.78, 5) is 25.5. The number of anilines is 1. The van der Waals surface area contributed by atoms with Gasteiger partial charge in [-0.15, -0.1) is 0 Å². The summed E-state index contributed by atoms with van der Waals surface area (Å²) in [6.45, 7) is 0.702. The van der Waals surface area contributed by atoms with Crippen LogP contribution in [0.2, 0.25) is 0 Å². The van der Waals surface area contributed by atoms with Gasteiger partial charge in [0.05, 0.1) is 11.8 Å². The molecule has 1 fully saturated rings. The minimum absolute atomic E-state index is 0.284. The minimum Gasteiger partial charge on any atom is -0.381 e. The van der Waals surface area contributed by atoms with Crippen LogP contribution in [0.5, 0.6) is 0 Å². The lowest BCUT2D eigenvalue weighted by Crippen LogP contribution is -2.39. The van der Waals surface area contributed by atoms with Gasteiger partial charge in [0, 0.05) is 19.7 Å². The zero-order valence-electron chi connectivity index (χ0n) is 11.9. The third-order valence-corrected chi connectivity index (χ3v) is 4.04. The Morgan fingerprint density at radius 3 is 2.62 bits per heavy atom. The highest BCUT2D eigenvalue weighted by Crippen LogP contribution is 2.29. The molecule has 0 unspecified atom stereocenters. The SMILES string of the molecule is COC1CC(CNC2=CC(=O)N(c3ccccc3)C2=O)C1. The average Bonchev–Trinajstić information content (AvgIpc) is 2.73. The summed E-state index contributed by atoms with van der Waals surface area (Å²) in [5, 5.41) is 3.10. The molecule has 0 bridgehead atoms. The van der Waals surface area contributed by atoms with Crippen molar-refractivity contribution in [1.82, 2.24) is 5.32 Å². The molecule has 0 spiro atoms. The first-order valence-electron chi connectivity index (χ1n) is 7.11. The Morgan fingerprint density at radius 2 is 1.95 bits per heavy atom. The molecule has 2 amide bonds. The summed E-state index contributed by atoms with van der Waals surface area (Å²) in [6, 6.07) is 8.97. The number of methoxy groups -OCH3 is 1. The molecule has 0 radical (unpaired) electrons. The van der Waals surface area contributed by atoms with E-state index in [0.717, 1.165) is 12.8 Å². The fourth-order valence-corrected chi connectivity index (χ4v) is 2.71. The average molecular weight is 286 g/mol.